The number of Topliss-reactive ketones (excluding diaryl/α,β-unsaturated/α-hetero) is 1. The molecule has 29 heavy (non-hydrogen) atoms. The van der Waals surface area contributed by atoms with Gasteiger partial charge in [-0.15, -0.1) is 0 Å². The molecule has 2 aromatic rings. The lowest BCUT2D eigenvalue weighted by atomic mass is 9.95. The molecule has 150 valence electrons. The van der Waals surface area contributed by atoms with Crippen LogP contribution < -0.4 is 4.74 Å². The summed E-state index contributed by atoms with van der Waals surface area (Å²) in [5.74, 6) is -0.634. The van der Waals surface area contributed by atoms with Gasteiger partial charge in [0.15, 0.2) is 0 Å². The fourth-order valence-electron chi connectivity index (χ4n) is 3.80. The average molecular weight is 393 g/mol. The second kappa shape index (κ2) is 7.67. The molecule has 1 N–H and O–H groups in total. The number of carbonyl (C=O) groups is 2. The Morgan fingerprint density at radius 2 is 2.00 bits per heavy atom. The molecule has 0 bridgehead atoms. The zero-order valence-electron chi connectivity index (χ0n) is 16.5. The number of amides is 1. The van der Waals surface area contributed by atoms with Crippen molar-refractivity contribution in [2.24, 2.45) is 0 Å². The normalized spacial score (nSPS) is 20.2. The van der Waals surface area contributed by atoms with E-state index >= 15 is 0 Å². The van der Waals surface area contributed by atoms with Gasteiger partial charge in [-0.1, -0.05) is 0 Å². The number of aliphatic hydroxyl groups is 1. The van der Waals surface area contributed by atoms with E-state index < -0.39 is 17.7 Å². The molecule has 1 saturated heterocycles. The van der Waals surface area contributed by atoms with Crippen LogP contribution in [0.25, 0.3) is 5.76 Å². The molecule has 3 heterocycles. The van der Waals surface area contributed by atoms with Crippen molar-refractivity contribution in [1.82, 2.24) is 14.8 Å². The predicted molar refractivity (Wildman–Crippen MR) is 107 cm³/mol. The Labute approximate surface area is 169 Å². The number of fused-ring (bicyclic) bond motifs is 1. The molecule has 1 fully saturated rings. The van der Waals surface area contributed by atoms with Crippen LogP contribution in [0, 0.1) is 0 Å². The van der Waals surface area contributed by atoms with Gasteiger partial charge in [0.2, 0.25) is 0 Å². The summed E-state index contributed by atoms with van der Waals surface area (Å²) in [6.45, 7) is 1.58. The van der Waals surface area contributed by atoms with E-state index in [1.54, 1.807) is 36.7 Å². The summed E-state index contributed by atoms with van der Waals surface area (Å²) in [6, 6.07) is 8.22. The second-order valence-electron chi connectivity index (χ2n) is 7.50. The number of aromatic nitrogens is 1. The number of likely N-dealkylation sites (tertiary alicyclic amines) is 1. The van der Waals surface area contributed by atoms with Gasteiger partial charge in [-0.3, -0.25) is 14.6 Å². The molecule has 1 aromatic heterocycles. The van der Waals surface area contributed by atoms with Crippen molar-refractivity contribution in [3.8, 4) is 5.75 Å². The molecule has 0 radical (unpaired) electrons. The molecule has 2 aliphatic heterocycles. The topological polar surface area (TPSA) is 83.0 Å². The lowest BCUT2D eigenvalue weighted by Gasteiger charge is -2.26. The quantitative estimate of drug-likeness (QED) is 0.475. The molecule has 0 spiro atoms. The first-order valence-corrected chi connectivity index (χ1v) is 9.56. The molecule has 2 aliphatic rings. The number of benzene rings is 1. The highest BCUT2D eigenvalue weighted by Gasteiger charge is 2.45. The van der Waals surface area contributed by atoms with Crippen molar-refractivity contribution >= 4 is 17.4 Å². The standard InChI is InChI=1S/C22H23N3O4/c1-24(2)10-11-25-19(14-5-8-23-9-6-14)18(21(27)22(25)28)20(26)16-3-4-17-15(13-16)7-12-29-17/h3-6,8-9,13,19,26H,7,10-12H2,1-2H3/b20-18-. The van der Waals surface area contributed by atoms with Crippen molar-refractivity contribution in [3.63, 3.8) is 0 Å². The van der Waals surface area contributed by atoms with Crippen molar-refractivity contribution in [1.29, 1.82) is 0 Å². The maximum Gasteiger partial charge on any atom is 0.295 e. The third kappa shape index (κ3) is 3.49. The average Bonchev–Trinajstić information content (AvgIpc) is 3.29. The van der Waals surface area contributed by atoms with Crippen LogP contribution in [-0.4, -0.2) is 65.4 Å². The van der Waals surface area contributed by atoms with Gasteiger partial charge in [0.25, 0.3) is 11.7 Å². The van der Waals surface area contributed by atoms with Crippen molar-refractivity contribution in [3.05, 3.63) is 65.0 Å². The molecule has 0 saturated carbocycles. The Bertz CT molecular complexity index is 985. The Morgan fingerprint density at radius 1 is 1.24 bits per heavy atom. The lowest BCUT2D eigenvalue weighted by molar-refractivity contribution is -0.140. The lowest BCUT2D eigenvalue weighted by Crippen LogP contribution is -2.35. The van der Waals surface area contributed by atoms with E-state index in [-0.39, 0.29) is 11.3 Å². The largest absolute Gasteiger partial charge is 0.507 e. The Kier molecular flexibility index (Phi) is 5.07. The minimum Gasteiger partial charge on any atom is -0.507 e. The summed E-state index contributed by atoms with van der Waals surface area (Å²) in [4.78, 5) is 33.2. The van der Waals surface area contributed by atoms with E-state index in [4.69, 9.17) is 4.74 Å². The predicted octanol–water partition coefficient (Wildman–Crippen LogP) is 2.00. The van der Waals surface area contributed by atoms with Gasteiger partial charge in [-0.2, -0.15) is 0 Å². The number of ketones is 1. The van der Waals surface area contributed by atoms with Crippen molar-refractivity contribution in [2.75, 3.05) is 33.8 Å². The highest BCUT2D eigenvalue weighted by molar-refractivity contribution is 6.46. The highest BCUT2D eigenvalue weighted by atomic mass is 16.5. The molecule has 0 aliphatic carbocycles. The smallest absolute Gasteiger partial charge is 0.295 e. The van der Waals surface area contributed by atoms with Gasteiger partial charge in [0.1, 0.15) is 11.5 Å². The minimum atomic E-state index is -0.667. The van der Waals surface area contributed by atoms with E-state index in [0.29, 0.717) is 25.3 Å². The van der Waals surface area contributed by atoms with E-state index in [2.05, 4.69) is 4.98 Å². The van der Waals surface area contributed by atoms with Gasteiger partial charge < -0.3 is 19.6 Å². The summed E-state index contributed by atoms with van der Waals surface area (Å²) in [5, 5.41) is 11.1. The van der Waals surface area contributed by atoms with E-state index in [1.165, 1.54) is 4.90 Å². The maximum atomic E-state index is 12.9. The number of ether oxygens (including phenoxy) is 1. The third-order valence-electron chi connectivity index (χ3n) is 5.31. The molecule has 7 heteroatoms. The SMILES string of the molecule is CN(C)CCN1C(=O)C(=O)/C(=C(\O)c2ccc3c(c2)CCO3)C1c1ccncc1. The van der Waals surface area contributed by atoms with E-state index in [0.717, 1.165) is 23.3 Å². The third-order valence-corrected chi connectivity index (χ3v) is 5.31. The summed E-state index contributed by atoms with van der Waals surface area (Å²) < 4.78 is 5.52. The van der Waals surface area contributed by atoms with Crippen LogP contribution in [0.4, 0.5) is 0 Å². The van der Waals surface area contributed by atoms with Gasteiger partial charge in [-0.25, -0.2) is 0 Å². The second-order valence-corrected chi connectivity index (χ2v) is 7.50. The van der Waals surface area contributed by atoms with E-state index in [1.807, 2.05) is 25.1 Å². The first-order chi connectivity index (χ1) is 14.0. The van der Waals surface area contributed by atoms with Crippen LogP contribution >= 0.6 is 0 Å². The maximum absolute atomic E-state index is 12.9. The fourth-order valence-corrected chi connectivity index (χ4v) is 3.80. The van der Waals surface area contributed by atoms with Crippen LogP contribution in [0.1, 0.15) is 22.7 Å². The molecule has 1 amide bonds. The number of aliphatic hydroxyl groups excluding tert-OH is 1. The van der Waals surface area contributed by atoms with Crippen LogP contribution in [-0.2, 0) is 16.0 Å². The van der Waals surface area contributed by atoms with Gasteiger partial charge >= 0.3 is 0 Å². The fraction of sp³-hybridized carbons (Fsp3) is 0.318. The summed E-state index contributed by atoms with van der Waals surface area (Å²) >= 11 is 0. The Balaban J connectivity index is 1.81. The van der Waals surface area contributed by atoms with Crippen LogP contribution in [0.15, 0.2) is 48.3 Å². The molecule has 1 aromatic carbocycles. The molecule has 4 rings (SSSR count). The molecule has 1 unspecified atom stereocenters. The number of hydrogen-bond donors (Lipinski definition) is 1. The van der Waals surface area contributed by atoms with Crippen molar-refractivity contribution in [2.45, 2.75) is 12.5 Å². The summed E-state index contributed by atoms with van der Waals surface area (Å²) in [7, 11) is 3.81. The number of rotatable bonds is 5. The van der Waals surface area contributed by atoms with Gasteiger partial charge in [-0.05, 0) is 55.6 Å². The summed E-state index contributed by atoms with van der Waals surface area (Å²) in [6.07, 6.45) is 3.99. The van der Waals surface area contributed by atoms with Crippen LogP contribution in [0.5, 0.6) is 5.75 Å². The number of likely N-dealkylation sites (N-methyl/N-ethyl adjacent to an activating group) is 1. The zero-order valence-corrected chi connectivity index (χ0v) is 16.5. The Morgan fingerprint density at radius 3 is 2.72 bits per heavy atom. The van der Waals surface area contributed by atoms with Crippen molar-refractivity contribution < 1.29 is 19.4 Å². The van der Waals surface area contributed by atoms with E-state index in [9.17, 15) is 14.7 Å². The number of nitrogens with zero attached hydrogens (tertiary/aromatic N) is 3. The molecular formula is C22H23N3O4. The molecular weight excluding hydrogens is 370 g/mol. The number of pyridine rings is 1. The van der Waals surface area contributed by atoms with Crippen LogP contribution in [0.2, 0.25) is 0 Å². The monoisotopic (exact) mass is 393 g/mol. The number of carbonyl (C=O) groups excluding carboxylic acids is 2. The zero-order chi connectivity index (χ0) is 20.5. The van der Waals surface area contributed by atoms with Gasteiger partial charge in [0.05, 0.1) is 18.2 Å². The summed E-state index contributed by atoms with van der Waals surface area (Å²) in [5.41, 5.74) is 2.35. The molecule has 1 atom stereocenters. The Hall–Kier alpha value is -3.19. The highest BCUT2D eigenvalue weighted by Crippen LogP contribution is 2.39. The van der Waals surface area contributed by atoms with Gasteiger partial charge in [0, 0.05) is 37.5 Å². The first kappa shape index (κ1) is 19.1. The first-order valence-electron chi connectivity index (χ1n) is 9.56. The molecule has 7 nitrogen and oxygen atoms in total. The number of hydrogen-bond acceptors (Lipinski definition) is 6. The van der Waals surface area contributed by atoms with Crippen LogP contribution in [0.3, 0.4) is 0 Å². The minimum absolute atomic E-state index is 0.110.